The summed E-state index contributed by atoms with van der Waals surface area (Å²) in [6, 6.07) is 4.90. The van der Waals surface area contributed by atoms with E-state index in [2.05, 4.69) is 10.3 Å². The molecule has 0 aliphatic heterocycles. The molecule has 0 atom stereocenters. The van der Waals surface area contributed by atoms with E-state index in [0.717, 1.165) is 11.1 Å². The van der Waals surface area contributed by atoms with Crippen molar-refractivity contribution in [2.24, 2.45) is 0 Å². The second-order valence-electron chi connectivity index (χ2n) is 4.40. The lowest BCUT2D eigenvalue weighted by Gasteiger charge is -2.10. The molecule has 2 rings (SSSR count). The van der Waals surface area contributed by atoms with E-state index in [1.54, 1.807) is 12.1 Å². The largest absolute Gasteiger partial charge is 0.399 e. The number of nitrogens with two attached hydrogens (primary N) is 1. The smallest absolute Gasteiger partial charge is 0.261 e. The van der Waals surface area contributed by atoms with Crippen LogP contribution in [0.25, 0.3) is 0 Å². The van der Waals surface area contributed by atoms with Gasteiger partial charge in [0.2, 0.25) is 0 Å². The van der Waals surface area contributed by atoms with Crippen molar-refractivity contribution in [2.45, 2.75) is 13.8 Å². The molecule has 5 nitrogen and oxygen atoms in total. The van der Waals surface area contributed by atoms with Crippen molar-refractivity contribution in [2.75, 3.05) is 11.1 Å². The van der Waals surface area contributed by atoms with Crippen molar-refractivity contribution < 1.29 is 4.79 Å². The second kappa shape index (κ2) is 4.97. The summed E-state index contributed by atoms with van der Waals surface area (Å²) in [5.41, 5.74) is 8.60. The van der Waals surface area contributed by atoms with Crippen LogP contribution in [0, 0.1) is 13.8 Å². The minimum Gasteiger partial charge on any atom is -0.399 e. The number of hydrogen-bond acceptors (Lipinski definition) is 3. The Hall–Kier alpha value is -2.56. The van der Waals surface area contributed by atoms with Gasteiger partial charge in [0.05, 0.1) is 0 Å². The molecule has 0 radical (unpaired) electrons. The Labute approximate surface area is 110 Å². The van der Waals surface area contributed by atoms with E-state index in [-0.39, 0.29) is 11.0 Å². The van der Waals surface area contributed by atoms with E-state index < -0.39 is 5.91 Å². The number of H-pyrrole nitrogens is 1. The predicted octanol–water partition coefficient (Wildman–Crippen LogP) is 1.83. The standard InChI is InChI=1S/C14H15N3O2/c1-8-6-12(9(2)5-11(8)15)17-14(19)10-7-16-4-3-13(10)18/h3-7H,15H2,1-2H3,(H,16,18)(H,17,19). The Morgan fingerprint density at radius 1 is 1.26 bits per heavy atom. The normalized spacial score (nSPS) is 10.2. The number of pyridine rings is 1. The first-order valence-electron chi connectivity index (χ1n) is 5.84. The van der Waals surface area contributed by atoms with Crippen LogP contribution in [-0.2, 0) is 0 Å². The summed E-state index contributed by atoms with van der Waals surface area (Å²) in [6.07, 6.45) is 2.87. The van der Waals surface area contributed by atoms with Crippen LogP contribution in [0.2, 0.25) is 0 Å². The number of aromatic amines is 1. The SMILES string of the molecule is Cc1cc(NC(=O)c2c[nH]ccc2=O)c(C)cc1N. The van der Waals surface area contributed by atoms with Crippen molar-refractivity contribution in [3.63, 3.8) is 0 Å². The van der Waals surface area contributed by atoms with Gasteiger partial charge in [-0.05, 0) is 37.1 Å². The van der Waals surface area contributed by atoms with Crippen LogP contribution in [-0.4, -0.2) is 10.9 Å². The average molecular weight is 257 g/mol. The van der Waals surface area contributed by atoms with Gasteiger partial charge in [0.25, 0.3) is 5.91 Å². The third-order valence-electron chi connectivity index (χ3n) is 2.93. The minimum absolute atomic E-state index is 0.0800. The maximum Gasteiger partial charge on any atom is 0.261 e. The molecule has 0 aliphatic carbocycles. The van der Waals surface area contributed by atoms with E-state index in [0.29, 0.717) is 11.4 Å². The number of anilines is 2. The number of nitrogens with one attached hydrogen (secondary N) is 2. The average Bonchev–Trinajstić information content (AvgIpc) is 2.36. The Balaban J connectivity index is 2.32. The van der Waals surface area contributed by atoms with E-state index in [9.17, 15) is 9.59 Å². The molecule has 2 aromatic rings. The summed E-state index contributed by atoms with van der Waals surface area (Å²) in [5, 5.41) is 2.72. The van der Waals surface area contributed by atoms with Crippen molar-refractivity contribution in [1.29, 1.82) is 0 Å². The van der Waals surface area contributed by atoms with Gasteiger partial charge in [-0.15, -0.1) is 0 Å². The number of aryl methyl sites for hydroxylation is 2. The fourth-order valence-corrected chi connectivity index (χ4v) is 1.76. The highest BCUT2D eigenvalue weighted by atomic mass is 16.2. The zero-order valence-corrected chi connectivity index (χ0v) is 10.8. The monoisotopic (exact) mass is 257 g/mol. The fourth-order valence-electron chi connectivity index (χ4n) is 1.76. The Morgan fingerprint density at radius 2 is 2.00 bits per heavy atom. The molecule has 19 heavy (non-hydrogen) atoms. The number of aromatic nitrogens is 1. The Morgan fingerprint density at radius 3 is 2.68 bits per heavy atom. The third-order valence-corrected chi connectivity index (χ3v) is 2.93. The first-order chi connectivity index (χ1) is 8.99. The molecule has 0 aliphatic rings. The molecular weight excluding hydrogens is 242 g/mol. The molecule has 1 aromatic heterocycles. The molecule has 0 saturated carbocycles. The van der Waals surface area contributed by atoms with E-state index >= 15 is 0 Å². The lowest BCUT2D eigenvalue weighted by Crippen LogP contribution is -2.21. The molecule has 1 heterocycles. The number of amides is 1. The van der Waals surface area contributed by atoms with Crippen LogP contribution in [0.5, 0.6) is 0 Å². The number of rotatable bonds is 2. The Kier molecular flexibility index (Phi) is 3.37. The van der Waals surface area contributed by atoms with Crippen molar-refractivity contribution in [3.8, 4) is 0 Å². The number of carbonyl (C=O) groups is 1. The summed E-state index contributed by atoms with van der Waals surface area (Å²) >= 11 is 0. The first kappa shape index (κ1) is 12.9. The molecule has 0 unspecified atom stereocenters. The molecule has 4 N–H and O–H groups in total. The zero-order chi connectivity index (χ0) is 14.0. The van der Waals surface area contributed by atoms with Gasteiger partial charge in [0.1, 0.15) is 5.56 Å². The zero-order valence-electron chi connectivity index (χ0n) is 10.8. The van der Waals surface area contributed by atoms with Crippen molar-refractivity contribution in [3.05, 3.63) is 57.5 Å². The van der Waals surface area contributed by atoms with Crippen LogP contribution >= 0.6 is 0 Å². The van der Waals surface area contributed by atoms with Crippen LogP contribution in [0.3, 0.4) is 0 Å². The van der Waals surface area contributed by atoms with Crippen LogP contribution < -0.4 is 16.5 Å². The van der Waals surface area contributed by atoms with Crippen LogP contribution in [0.4, 0.5) is 11.4 Å². The number of nitrogen functional groups attached to an aromatic ring is 1. The summed E-state index contributed by atoms with van der Waals surface area (Å²) in [4.78, 5) is 26.3. The van der Waals surface area contributed by atoms with Gasteiger partial charge in [-0.1, -0.05) is 0 Å². The van der Waals surface area contributed by atoms with Crippen molar-refractivity contribution in [1.82, 2.24) is 4.98 Å². The van der Waals surface area contributed by atoms with Gasteiger partial charge in [-0.2, -0.15) is 0 Å². The fraction of sp³-hybridized carbons (Fsp3) is 0.143. The molecule has 5 heteroatoms. The highest BCUT2D eigenvalue weighted by Crippen LogP contribution is 2.22. The van der Waals surface area contributed by atoms with Crippen LogP contribution in [0.1, 0.15) is 21.5 Å². The van der Waals surface area contributed by atoms with E-state index in [4.69, 9.17) is 5.73 Å². The first-order valence-corrected chi connectivity index (χ1v) is 5.84. The molecule has 1 amide bonds. The second-order valence-corrected chi connectivity index (χ2v) is 4.40. The van der Waals surface area contributed by atoms with E-state index in [1.807, 2.05) is 13.8 Å². The maximum absolute atomic E-state index is 12.0. The van der Waals surface area contributed by atoms with E-state index in [1.165, 1.54) is 18.5 Å². The molecule has 0 fully saturated rings. The molecule has 0 bridgehead atoms. The summed E-state index contributed by atoms with van der Waals surface area (Å²) in [6.45, 7) is 3.71. The summed E-state index contributed by atoms with van der Waals surface area (Å²) in [7, 11) is 0. The number of benzene rings is 1. The summed E-state index contributed by atoms with van der Waals surface area (Å²) in [5.74, 6) is -0.436. The molecule has 0 saturated heterocycles. The van der Waals surface area contributed by atoms with Gasteiger partial charge >= 0.3 is 0 Å². The molecular formula is C14H15N3O2. The molecule has 0 spiro atoms. The topological polar surface area (TPSA) is 88.0 Å². The Bertz CT molecular complexity index is 689. The lowest BCUT2D eigenvalue weighted by atomic mass is 10.1. The molecule has 1 aromatic carbocycles. The number of hydrogen-bond donors (Lipinski definition) is 3. The summed E-state index contributed by atoms with van der Waals surface area (Å²) < 4.78 is 0. The lowest BCUT2D eigenvalue weighted by molar-refractivity contribution is 0.102. The molecule has 98 valence electrons. The highest BCUT2D eigenvalue weighted by molar-refractivity contribution is 6.04. The van der Waals surface area contributed by atoms with Gasteiger partial charge in [0.15, 0.2) is 5.43 Å². The van der Waals surface area contributed by atoms with Gasteiger partial charge < -0.3 is 16.0 Å². The minimum atomic E-state index is -0.436. The third kappa shape index (κ3) is 2.65. The van der Waals surface area contributed by atoms with Gasteiger partial charge in [0, 0.05) is 29.8 Å². The van der Waals surface area contributed by atoms with Crippen molar-refractivity contribution >= 4 is 17.3 Å². The highest BCUT2D eigenvalue weighted by Gasteiger charge is 2.11. The van der Waals surface area contributed by atoms with Crippen LogP contribution in [0.15, 0.2) is 35.4 Å². The predicted molar refractivity (Wildman–Crippen MR) is 75.3 cm³/mol. The van der Waals surface area contributed by atoms with Gasteiger partial charge in [-0.25, -0.2) is 0 Å². The van der Waals surface area contributed by atoms with Gasteiger partial charge in [-0.3, -0.25) is 9.59 Å². The quantitative estimate of drug-likeness (QED) is 0.717. The number of carbonyl (C=O) groups excluding carboxylic acids is 1. The maximum atomic E-state index is 12.0.